The highest BCUT2D eigenvalue weighted by Gasteiger charge is 2.13. The van der Waals surface area contributed by atoms with Crippen LogP contribution in [0.4, 0.5) is 4.39 Å². The molecule has 2 aromatic rings. The van der Waals surface area contributed by atoms with Crippen LogP contribution in [0.25, 0.3) is 0 Å². The second kappa shape index (κ2) is 6.86. The van der Waals surface area contributed by atoms with E-state index >= 15 is 0 Å². The zero-order chi connectivity index (χ0) is 15.4. The molecule has 1 atom stereocenters. The fourth-order valence-electron chi connectivity index (χ4n) is 2.67. The Morgan fingerprint density at radius 2 is 1.71 bits per heavy atom. The van der Waals surface area contributed by atoms with Crippen molar-refractivity contribution in [3.8, 4) is 0 Å². The zero-order valence-electron chi connectivity index (χ0n) is 13.3. The van der Waals surface area contributed by atoms with Crippen molar-refractivity contribution in [1.29, 1.82) is 0 Å². The van der Waals surface area contributed by atoms with Gasteiger partial charge in [0.15, 0.2) is 0 Å². The van der Waals surface area contributed by atoms with Crippen molar-refractivity contribution in [3.63, 3.8) is 0 Å². The molecule has 2 aromatic carbocycles. The normalized spacial score (nSPS) is 12.7. The van der Waals surface area contributed by atoms with Crippen LogP contribution in [-0.2, 0) is 6.42 Å². The van der Waals surface area contributed by atoms with Gasteiger partial charge in [0.05, 0.1) is 0 Å². The second-order valence-electron chi connectivity index (χ2n) is 5.94. The van der Waals surface area contributed by atoms with Crippen LogP contribution < -0.4 is 5.32 Å². The Labute approximate surface area is 127 Å². The number of rotatable bonds is 5. The van der Waals surface area contributed by atoms with E-state index in [2.05, 4.69) is 43.4 Å². The first-order chi connectivity index (χ1) is 10.0. The monoisotopic (exact) mass is 285 g/mol. The SMILES string of the molecule is CNC(Cc1ccc(C(C)C)cc1)c1ccc(F)cc1C. The maximum absolute atomic E-state index is 13.2. The molecule has 0 amide bonds. The summed E-state index contributed by atoms with van der Waals surface area (Å²) in [5.74, 6) is 0.380. The summed E-state index contributed by atoms with van der Waals surface area (Å²) in [6.45, 7) is 6.37. The summed E-state index contributed by atoms with van der Waals surface area (Å²) in [4.78, 5) is 0. The molecule has 112 valence electrons. The Balaban J connectivity index is 2.18. The topological polar surface area (TPSA) is 12.0 Å². The van der Waals surface area contributed by atoms with E-state index < -0.39 is 0 Å². The van der Waals surface area contributed by atoms with Crippen molar-refractivity contribution >= 4 is 0 Å². The minimum absolute atomic E-state index is 0.174. The van der Waals surface area contributed by atoms with Crippen LogP contribution in [0.15, 0.2) is 42.5 Å². The lowest BCUT2D eigenvalue weighted by Crippen LogP contribution is -2.20. The number of benzene rings is 2. The third-order valence-electron chi connectivity index (χ3n) is 4.04. The second-order valence-corrected chi connectivity index (χ2v) is 5.94. The predicted octanol–water partition coefficient (Wildman–Crippen LogP) is 4.76. The number of halogens is 1. The standard InChI is InChI=1S/C19H24FN/c1-13(2)16-7-5-15(6-8-16)12-19(21-4)18-10-9-17(20)11-14(18)3/h5-11,13,19,21H,12H2,1-4H3. The van der Waals surface area contributed by atoms with Crippen LogP contribution in [0.5, 0.6) is 0 Å². The minimum Gasteiger partial charge on any atom is -0.313 e. The van der Waals surface area contributed by atoms with Crippen LogP contribution in [0, 0.1) is 12.7 Å². The number of hydrogen-bond acceptors (Lipinski definition) is 1. The van der Waals surface area contributed by atoms with Gasteiger partial charge in [-0.2, -0.15) is 0 Å². The van der Waals surface area contributed by atoms with Crippen molar-refractivity contribution in [3.05, 3.63) is 70.5 Å². The number of likely N-dealkylation sites (N-methyl/N-ethyl adjacent to an activating group) is 1. The molecule has 0 fully saturated rings. The average Bonchev–Trinajstić information content (AvgIpc) is 2.46. The molecule has 0 radical (unpaired) electrons. The van der Waals surface area contributed by atoms with E-state index in [0.717, 1.165) is 17.5 Å². The van der Waals surface area contributed by atoms with E-state index in [1.54, 1.807) is 6.07 Å². The molecule has 0 heterocycles. The fourth-order valence-corrected chi connectivity index (χ4v) is 2.67. The van der Waals surface area contributed by atoms with Crippen LogP contribution in [0.1, 0.15) is 48.1 Å². The molecule has 0 aliphatic heterocycles. The van der Waals surface area contributed by atoms with E-state index in [1.807, 2.05) is 20.0 Å². The van der Waals surface area contributed by atoms with Crippen LogP contribution in [0.3, 0.4) is 0 Å². The molecular formula is C19H24FN. The van der Waals surface area contributed by atoms with Gasteiger partial charge in [-0.3, -0.25) is 0 Å². The summed E-state index contributed by atoms with van der Waals surface area (Å²) < 4.78 is 13.2. The van der Waals surface area contributed by atoms with Gasteiger partial charge in [0, 0.05) is 6.04 Å². The van der Waals surface area contributed by atoms with Gasteiger partial charge in [0.2, 0.25) is 0 Å². The van der Waals surface area contributed by atoms with Gasteiger partial charge in [-0.25, -0.2) is 4.39 Å². The maximum Gasteiger partial charge on any atom is 0.123 e. The molecule has 1 N–H and O–H groups in total. The quantitative estimate of drug-likeness (QED) is 0.835. The Kier molecular flexibility index (Phi) is 5.13. The molecule has 0 saturated heterocycles. The van der Waals surface area contributed by atoms with Gasteiger partial charge < -0.3 is 5.32 Å². The highest BCUT2D eigenvalue weighted by atomic mass is 19.1. The molecule has 1 unspecified atom stereocenters. The maximum atomic E-state index is 13.2. The summed E-state index contributed by atoms with van der Waals surface area (Å²) in [7, 11) is 1.95. The number of aryl methyl sites for hydroxylation is 1. The lowest BCUT2D eigenvalue weighted by molar-refractivity contribution is 0.582. The lowest BCUT2D eigenvalue weighted by Gasteiger charge is -2.19. The summed E-state index contributed by atoms with van der Waals surface area (Å²) in [6.07, 6.45) is 0.904. The summed E-state index contributed by atoms with van der Waals surface area (Å²) in [5, 5.41) is 3.34. The predicted molar refractivity (Wildman–Crippen MR) is 87.2 cm³/mol. The molecule has 21 heavy (non-hydrogen) atoms. The van der Waals surface area contributed by atoms with Gasteiger partial charge in [0.25, 0.3) is 0 Å². The summed E-state index contributed by atoms with van der Waals surface area (Å²) in [5.41, 5.74) is 4.81. The lowest BCUT2D eigenvalue weighted by atomic mass is 9.94. The highest BCUT2D eigenvalue weighted by molar-refractivity contribution is 5.32. The number of hydrogen-bond donors (Lipinski definition) is 1. The van der Waals surface area contributed by atoms with E-state index in [-0.39, 0.29) is 11.9 Å². The first-order valence-electron chi connectivity index (χ1n) is 7.53. The van der Waals surface area contributed by atoms with E-state index in [4.69, 9.17) is 0 Å². The molecule has 0 spiro atoms. The smallest absolute Gasteiger partial charge is 0.123 e. The average molecular weight is 285 g/mol. The van der Waals surface area contributed by atoms with Gasteiger partial charge in [-0.15, -0.1) is 0 Å². The van der Waals surface area contributed by atoms with Gasteiger partial charge in [0.1, 0.15) is 5.82 Å². The molecule has 1 nitrogen and oxygen atoms in total. The van der Waals surface area contributed by atoms with Crippen LogP contribution in [-0.4, -0.2) is 7.05 Å². The Morgan fingerprint density at radius 3 is 2.24 bits per heavy atom. The largest absolute Gasteiger partial charge is 0.313 e. The van der Waals surface area contributed by atoms with Crippen molar-refractivity contribution in [2.24, 2.45) is 0 Å². The van der Waals surface area contributed by atoms with Crippen molar-refractivity contribution < 1.29 is 4.39 Å². The summed E-state index contributed by atoms with van der Waals surface area (Å²) >= 11 is 0. The van der Waals surface area contributed by atoms with Gasteiger partial charge in [-0.1, -0.05) is 44.2 Å². The van der Waals surface area contributed by atoms with Crippen LogP contribution in [0.2, 0.25) is 0 Å². The summed E-state index contributed by atoms with van der Waals surface area (Å²) in [6, 6.07) is 14.0. The molecule has 2 heteroatoms. The first kappa shape index (κ1) is 15.7. The minimum atomic E-state index is -0.174. The van der Waals surface area contributed by atoms with Gasteiger partial charge in [-0.05, 0) is 60.7 Å². The molecule has 2 rings (SSSR count). The Bertz CT molecular complexity index is 587. The highest BCUT2D eigenvalue weighted by Crippen LogP contribution is 2.23. The molecular weight excluding hydrogens is 261 g/mol. The van der Waals surface area contributed by atoms with E-state index in [9.17, 15) is 4.39 Å². The third kappa shape index (κ3) is 3.92. The van der Waals surface area contributed by atoms with Crippen molar-refractivity contribution in [1.82, 2.24) is 5.32 Å². The molecule has 0 bridgehead atoms. The van der Waals surface area contributed by atoms with Gasteiger partial charge >= 0.3 is 0 Å². The number of nitrogens with one attached hydrogen (secondary N) is 1. The third-order valence-corrected chi connectivity index (χ3v) is 4.04. The van der Waals surface area contributed by atoms with E-state index in [1.165, 1.54) is 17.2 Å². The van der Waals surface area contributed by atoms with Crippen molar-refractivity contribution in [2.75, 3.05) is 7.05 Å². The first-order valence-corrected chi connectivity index (χ1v) is 7.53. The molecule has 0 saturated carbocycles. The molecule has 0 aliphatic carbocycles. The van der Waals surface area contributed by atoms with Crippen LogP contribution >= 0.6 is 0 Å². The van der Waals surface area contributed by atoms with E-state index in [0.29, 0.717) is 5.92 Å². The fraction of sp³-hybridized carbons (Fsp3) is 0.368. The van der Waals surface area contributed by atoms with Crippen molar-refractivity contribution in [2.45, 2.75) is 39.2 Å². The molecule has 0 aromatic heterocycles. The Morgan fingerprint density at radius 1 is 1.05 bits per heavy atom. The molecule has 0 aliphatic rings. The zero-order valence-corrected chi connectivity index (χ0v) is 13.3. The Hall–Kier alpha value is -1.67.